The summed E-state index contributed by atoms with van der Waals surface area (Å²) >= 11 is 0. The molecule has 0 unspecified atom stereocenters. The molecule has 22 heavy (non-hydrogen) atoms. The molecular weight excluding hydrogens is 285 g/mol. The number of hydrogen-bond acceptors (Lipinski definition) is 3. The number of carbonyl (C=O) groups excluding carboxylic acids is 1. The number of amides is 1. The van der Waals surface area contributed by atoms with Crippen molar-refractivity contribution in [2.75, 3.05) is 11.9 Å². The van der Waals surface area contributed by atoms with Crippen molar-refractivity contribution in [1.29, 1.82) is 0 Å². The Labute approximate surface area is 128 Å². The first-order valence-electron chi connectivity index (χ1n) is 7.27. The average molecular weight is 303 g/mol. The van der Waals surface area contributed by atoms with Crippen LogP contribution in [-0.2, 0) is 16.1 Å². The molecule has 1 fully saturated rings. The fourth-order valence-corrected chi connectivity index (χ4v) is 2.51. The summed E-state index contributed by atoms with van der Waals surface area (Å²) in [5, 5.41) is 7.04. The van der Waals surface area contributed by atoms with Crippen LogP contribution in [0.1, 0.15) is 25.3 Å². The number of aromatic nitrogens is 2. The molecule has 1 atom stereocenters. The van der Waals surface area contributed by atoms with Gasteiger partial charge in [-0.2, -0.15) is 5.10 Å². The average Bonchev–Trinajstić information content (AvgIpc) is 3.12. The Balaban J connectivity index is 1.63. The van der Waals surface area contributed by atoms with Crippen LogP contribution in [0.2, 0.25) is 0 Å². The Morgan fingerprint density at radius 2 is 2.23 bits per heavy atom. The van der Waals surface area contributed by atoms with Crippen LogP contribution in [0.3, 0.4) is 0 Å². The minimum Gasteiger partial charge on any atom is -0.365 e. The van der Waals surface area contributed by atoms with Crippen LogP contribution in [0.25, 0.3) is 0 Å². The Hall–Kier alpha value is -2.21. The second-order valence-corrected chi connectivity index (χ2v) is 5.69. The lowest BCUT2D eigenvalue weighted by Crippen LogP contribution is -2.39. The molecule has 5 nitrogen and oxygen atoms in total. The first kappa shape index (κ1) is 14.7. The van der Waals surface area contributed by atoms with Gasteiger partial charge in [0.25, 0.3) is 5.91 Å². The van der Waals surface area contributed by atoms with E-state index in [0.29, 0.717) is 18.8 Å². The standard InChI is InChI=1S/C16H18FN3O2/c1-16(7-2-8-22-16)15(21)19-14-9-18-20(11-14)10-12-3-5-13(17)6-4-12/h3-6,9,11H,2,7-8,10H2,1H3,(H,19,21)/t16-/m1/s1. The molecule has 0 radical (unpaired) electrons. The van der Waals surface area contributed by atoms with E-state index in [1.807, 2.05) is 0 Å². The van der Waals surface area contributed by atoms with Crippen LogP contribution in [0.5, 0.6) is 0 Å². The molecule has 1 amide bonds. The molecule has 2 heterocycles. The van der Waals surface area contributed by atoms with Crippen molar-refractivity contribution in [3.8, 4) is 0 Å². The predicted octanol–water partition coefficient (Wildman–Crippen LogP) is 2.58. The van der Waals surface area contributed by atoms with Crippen molar-refractivity contribution in [3.63, 3.8) is 0 Å². The van der Waals surface area contributed by atoms with Crippen LogP contribution < -0.4 is 5.32 Å². The normalized spacial score (nSPS) is 21.0. The van der Waals surface area contributed by atoms with Crippen molar-refractivity contribution in [1.82, 2.24) is 9.78 Å². The number of hydrogen-bond donors (Lipinski definition) is 1. The smallest absolute Gasteiger partial charge is 0.256 e. The molecule has 0 spiro atoms. The number of benzene rings is 1. The first-order valence-corrected chi connectivity index (χ1v) is 7.27. The summed E-state index contributed by atoms with van der Waals surface area (Å²) in [4.78, 5) is 12.2. The molecule has 0 bridgehead atoms. The van der Waals surface area contributed by atoms with Gasteiger partial charge in [0.15, 0.2) is 0 Å². The minimum atomic E-state index is -0.751. The van der Waals surface area contributed by atoms with E-state index in [-0.39, 0.29) is 11.7 Å². The Bertz CT molecular complexity index is 660. The first-order chi connectivity index (χ1) is 10.5. The second-order valence-electron chi connectivity index (χ2n) is 5.69. The van der Waals surface area contributed by atoms with Gasteiger partial charge >= 0.3 is 0 Å². The molecular formula is C16H18FN3O2. The lowest BCUT2D eigenvalue weighted by molar-refractivity contribution is -0.133. The van der Waals surface area contributed by atoms with Crippen molar-refractivity contribution >= 4 is 11.6 Å². The molecule has 2 aromatic rings. The molecule has 116 valence electrons. The Kier molecular flexibility index (Phi) is 3.94. The van der Waals surface area contributed by atoms with E-state index in [2.05, 4.69) is 10.4 Å². The lowest BCUT2D eigenvalue weighted by atomic mass is 10.0. The summed E-state index contributed by atoms with van der Waals surface area (Å²) in [5.41, 5.74) is 0.816. The van der Waals surface area contributed by atoms with E-state index < -0.39 is 5.60 Å². The molecule has 1 N–H and O–H groups in total. The summed E-state index contributed by atoms with van der Waals surface area (Å²) in [6.07, 6.45) is 4.97. The van der Waals surface area contributed by atoms with Gasteiger partial charge in [-0.3, -0.25) is 9.48 Å². The third kappa shape index (κ3) is 3.17. The third-order valence-corrected chi connectivity index (χ3v) is 3.85. The van der Waals surface area contributed by atoms with Crippen LogP contribution in [0.4, 0.5) is 10.1 Å². The van der Waals surface area contributed by atoms with Gasteiger partial charge in [0, 0.05) is 12.8 Å². The largest absolute Gasteiger partial charge is 0.365 e. The van der Waals surface area contributed by atoms with E-state index in [9.17, 15) is 9.18 Å². The van der Waals surface area contributed by atoms with Crippen LogP contribution in [-0.4, -0.2) is 27.9 Å². The summed E-state index contributed by atoms with van der Waals surface area (Å²) in [6, 6.07) is 6.25. The predicted molar refractivity (Wildman–Crippen MR) is 79.9 cm³/mol. The van der Waals surface area contributed by atoms with Gasteiger partial charge in [-0.05, 0) is 37.5 Å². The van der Waals surface area contributed by atoms with Crippen molar-refractivity contribution in [3.05, 3.63) is 48.0 Å². The minimum absolute atomic E-state index is 0.147. The fraction of sp³-hybridized carbons (Fsp3) is 0.375. The zero-order chi connectivity index (χ0) is 15.6. The molecule has 6 heteroatoms. The molecule has 1 aliphatic rings. The van der Waals surface area contributed by atoms with E-state index in [1.165, 1.54) is 12.1 Å². The number of carbonyl (C=O) groups is 1. The van der Waals surface area contributed by atoms with Crippen molar-refractivity contribution in [2.24, 2.45) is 0 Å². The highest BCUT2D eigenvalue weighted by molar-refractivity contribution is 5.97. The SMILES string of the molecule is C[C@]1(C(=O)Nc2cnn(Cc3ccc(F)cc3)c2)CCCO1. The molecule has 1 aromatic carbocycles. The van der Waals surface area contributed by atoms with Gasteiger partial charge in [0.05, 0.1) is 18.4 Å². The highest BCUT2D eigenvalue weighted by Gasteiger charge is 2.37. The second kappa shape index (κ2) is 5.88. The maximum atomic E-state index is 12.9. The lowest BCUT2D eigenvalue weighted by Gasteiger charge is -2.21. The van der Waals surface area contributed by atoms with E-state index in [4.69, 9.17) is 4.74 Å². The van der Waals surface area contributed by atoms with E-state index >= 15 is 0 Å². The van der Waals surface area contributed by atoms with Gasteiger partial charge in [0.2, 0.25) is 0 Å². The van der Waals surface area contributed by atoms with Crippen molar-refractivity contribution in [2.45, 2.75) is 31.9 Å². The summed E-state index contributed by atoms with van der Waals surface area (Å²) in [7, 11) is 0. The maximum absolute atomic E-state index is 12.9. The molecule has 0 saturated carbocycles. The highest BCUT2D eigenvalue weighted by Crippen LogP contribution is 2.26. The van der Waals surface area contributed by atoms with Gasteiger partial charge < -0.3 is 10.1 Å². The monoisotopic (exact) mass is 303 g/mol. The Morgan fingerprint density at radius 1 is 1.45 bits per heavy atom. The van der Waals surface area contributed by atoms with E-state index in [0.717, 1.165) is 18.4 Å². The summed E-state index contributed by atoms with van der Waals surface area (Å²) in [5.74, 6) is -0.409. The number of rotatable bonds is 4. The van der Waals surface area contributed by atoms with Crippen molar-refractivity contribution < 1.29 is 13.9 Å². The third-order valence-electron chi connectivity index (χ3n) is 3.85. The maximum Gasteiger partial charge on any atom is 0.256 e. The Morgan fingerprint density at radius 3 is 2.91 bits per heavy atom. The number of ether oxygens (including phenoxy) is 1. The van der Waals surface area contributed by atoms with Gasteiger partial charge in [-0.1, -0.05) is 12.1 Å². The van der Waals surface area contributed by atoms with Crippen LogP contribution in [0.15, 0.2) is 36.7 Å². The number of nitrogens with one attached hydrogen (secondary N) is 1. The fourth-order valence-electron chi connectivity index (χ4n) is 2.51. The van der Waals surface area contributed by atoms with Gasteiger partial charge in [-0.15, -0.1) is 0 Å². The zero-order valence-electron chi connectivity index (χ0n) is 12.4. The highest BCUT2D eigenvalue weighted by atomic mass is 19.1. The topological polar surface area (TPSA) is 56.2 Å². The quantitative estimate of drug-likeness (QED) is 0.944. The number of nitrogens with zero attached hydrogens (tertiary/aromatic N) is 2. The molecule has 1 saturated heterocycles. The molecule has 1 aliphatic heterocycles. The zero-order valence-corrected chi connectivity index (χ0v) is 12.4. The van der Waals surface area contributed by atoms with Gasteiger partial charge in [-0.25, -0.2) is 4.39 Å². The van der Waals surface area contributed by atoms with E-state index in [1.54, 1.807) is 36.1 Å². The summed E-state index contributed by atoms with van der Waals surface area (Å²) < 4.78 is 20.1. The van der Waals surface area contributed by atoms with Crippen LogP contribution >= 0.6 is 0 Å². The van der Waals surface area contributed by atoms with Gasteiger partial charge in [0.1, 0.15) is 11.4 Å². The molecule has 0 aliphatic carbocycles. The number of anilines is 1. The molecule has 3 rings (SSSR count). The summed E-state index contributed by atoms with van der Waals surface area (Å²) in [6.45, 7) is 2.94. The molecule has 1 aromatic heterocycles. The van der Waals surface area contributed by atoms with Crippen LogP contribution in [0, 0.1) is 5.82 Å². The number of halogens is 1.